The number of nitrogens with zero attached hydrogens (tertiary/aromatic N) is 5. The first-order chi connectivity index (χ1) is 16.1. The van der Waals surface area contributed by atoms with Crippen LogP contribution >= 0.6 is 0 Å². The maximum atomic E-state index is 13.6. The molecule has 2 aromatic rings. The van der Waals surface area contributed by atoms with Gasteiger partial charge in [-0.15, -0.1) is 5.10 Å². The fourth-order valence-electron chi connectivity index (χ4n) is 4.65. The van der Waals surface area contributed by atoms with Crippen molar-refractivity contribution in [3.63, 3.8) is 0 Å². The monoisotopic (exact) mass is 492 g/mol. The molecular weight excluding hydrogens is 459 g/mol. The molecule has 2 aliphatic heterocycles. The molecule has 9 nitrogen and oxygen atoms in total. The summed E-state index contributed by atoms with van der Waals surface area (Å²) in [5.74, 6) is 0.119. The number of aryl methyl sites for hydroxylation is 1. The van der Waals surface area contributed by atoms with Crippen LogP contribution in [0.1, 0.15) is 36.9 Å². The molecule has 0 bridgehead atoms. The highest BCUT2D eigenvalue weighted by Gasteiger charge is 2.27. The number of anilines is 2. The fourth-order valence-corrected chi connectivity index (χ4v) is 5.14. The average molecular weight is 493 g/mol. The van der Waals surface area contributed by atoms with Crippen molar-refractivity contribution in [3.8, 4) is 0 Å². The molecule has 0 spiro atoms. The summed E-state index contributed by atoms with van der Waals surface area (Å²) in [5.41, 5.74) is 3.60. The minimum atomic E-state index is -3.45. The van der Waals surface area contributed by atoms with Gasteiger partial charge in [0.15, 0.2) is 5.82 Å². The zero-order chi connectivity index (χ0) is 24.5. The SMILES string of the molecule is Cc1ccc([C@@H](C)N2CCN(C(=O)n3ccc(NS(C)(=O)=O)n3)CC2)cc1N1CCC(F)CC1. The molecule has 186 valence electrons. The molecule has 1 aromatic carbocycles. The number of carbonyl (C=O) groups excluding carboxylic acids is 1. The number of carbonyl (C=O) groups is 1. The first-order valence-corrected chi connectivity index (χ1v) is 13.6. The van der Waals surface area contributed by atoms with Crippen LogP contribution < -0.4 is 9.62 Å². The molecule has 2 saturated heterocycles. The molecule has 1 atom stereocenters. The number of amides is 1. The third kappa shape index (κ3) is 5.69. The highest BCUT2D eigenvalue weighted by molar-refractivity contribution is 7.92. The summed E-state index contributed by atoms with van der Waals surface area (Å²) in [5, 5.41) is 4.03. The van der Waals surface area contributed by atoms with Crippen LogP contribution in [0, 0.1) is 6.92 Å². The molecule has 0 saturated carbocycles. The molecule has 0 aliphatic carbocycles. The van der Waals surface area contributed by atoms with Crippen molar-refractivity contribution >= 4 is 27.6 Å². The second-order valence-electron chi connectivity index (χ2n) is 9.21. The third-order valence-electron chi connectivity index (χ3n) is 6.69. The van der Waals surface area contributed by atoms with Crippen molar-refractivity contribution in [3.05, 3.63) is 41.6 Å². The summed E-state index contributed by atoms with van der Waals surface area (Å²) in [6.45, 7) is 8.32. The Morgan fingerprint density at radius 2 is 1.79 bits per heavy atom. The topological polar surface area (TPSA) is 90.8 Å². The molecule has 11 heteroatoms. The van der Waals surface area contributed by atoms with Gasteiger partial charge in [0.2, 0.25) is 10.0 Å². The van der Waals surface area contributed by atoms with E-state index in [1.807, 2.05) is 0 Å². The van der Waals surface area contributed by atoms with Crippen LogP contribution in [0.15, 0.2) is 30.5 Å². The predicted molar refractivity (Wildman–Crippen MR) is 131 cm³/mol. The Hall–Kier alpha value is -2.66. The fraction of sp³-hybridized carbons (Fsp3) is 0.565. The lowest BCUT2D eigenvalue weighted by Crippen LogP contribution is -2.50. The summed E-state index contributed by atoms with van der Waals surface area (Å²) in [6, 6.07) is 7.90. The van der Waals surface area contributed by atoms with Crippen LogP contribution in [0.5, 0.6) is 0 Å². The maximum Gasteiger partial charge on any atom is 0.344 e. The third-order valence-corrected chi connectivity index (χ3v) is 7.27. The standard InChI is InChI=1S/C23H33FN6O3S/c1-17-4-5-19(16-21(17)28-9-6-20(24)7-10-28)18(2)27-12-14-29(15-13-27)23(31)30-11-8-22(25-30)26-34(3,32)33/h4-5,8,11,16,18,20H,6-7,9-10,12-15H2,1-3H3,(H,25,26)/t18-/m1/s1. The smallest absolute Gasteiger partial charge is 0.344 e. The second kappa shape index (κ2) is 9.91. The van der Waals surface area contributed by atoms with Crippen LogP contribution in [-0.2, 0) is 10.0 Å². The Kier molecular flexibility index (Phi) is 7.13. The number of piperidine rings is 1. The quantitative estimate of drug-likeness (QED) is 0.690. The first-order valence-electron chi connectivity index (χ1n) is 11.7. The molecule has 1 N–H and O–H groups in total. The Morgan fingerprint density at radius 1 is 1.12 bits per heavy atom. The number of halogens is 1. The van der Waals surface area contributed by atoms with E-state index in [9.17, 15) is 17.6 Å². The van der Waals surface area contributed by atoms with Gasteiger partial charge in [-0.05, 0) is 43.9 Å². The van der Waals surface area contributed by atoms with Gasteiger partial charge in [0.25, 0.3) is 0 Å². The number of benzene rings is 1. The minimum absolute atomic E-state index is 0.119. The van der Waals surface area contributed by atoms with Gasteiger partial charge in [0.1, 0.15) is 6.17 Å². The first kappa shape index (κ1) is 24.5. The van der Waals surface area contributed by atoms with E-state index in [1.165, 1.54) is 33.8 Å². The molecule has 3 heterocycles. The largest absolute Gasteiger partial charge is 0.371 e. The van der Waals surface area contributed by atoms with Gasteiger partial charge in [-0.25, -0.2) is 17.6 Å². The molecular formula is C23H33FN6O3S. The molecule has 1 amide bonds. The van der Waals surface area contributed by atoms with E-state index in [4.69, 9.17) is 0 Å². The van der Waals surface area contributed by atoms with Crippen LogP contribution in [0.2, 0.25) is 0 Å². The van der Waals surface area contributed by atoms with Gasteiger partial charge < -0.3 is 9.80 Å². The van der Waals surface area contributed by atoms with E-state index in [-0.39, 0.29) is 17.9 Å². The predicted octanol–water partition coefficient (Wildman–Crippen LogP) is 2.85. The van der Waals surface area contributed by atoms with E-state index < -0.39 is 16.2 Å². The zero-order valence-electron chi connectivity index (χ0n) is 19.9. The number of nitrogens with one attached hydrogen (secondary N) is 1. The molecule has 0 radical (unpaired) electrons. The highest BCUT2D eigenvalue weighted by atomic mass is 32.2. The Morgan fingerprint density at radius 3 is 2.44 bits per heavy atom. The van der Waals surface area contributed by atoms with E-state index in [1.54, 1.807) is 4.90 Å². The Labute approximate surface area is 200 Å². The number of aromatic nitrogens is 2. The molecule has 1 aromatic heterocycles. The zero-order valence-corrected chi connectivity index (χ0v) is 20.8. The van der Waals surface area contributed by atoms with Crippen molar-refractivity contribution in [1.29, 1.82) is 0 Å². The van der Waals surface area contributed by atoms with Crippen LogP contribution in [-0.4, -0.2) is 85.7 Å². The van der Waals surface area contributed by atoms with Crippen molar-refractivity contribution in [1.82, 2.24) is 19.6 Å². The number of piperazine rings is 1. The molecule has 0 unspecified atom stereocenters. The number of sulfonamides is 1. The Bertz CT molecular complexity index is 1120. The van der Waals surface area contributed by atoms with Crippen LogP contribution in [0.25, 0.3) is 0 Å². The second-order valence-corrected chi connectivity index (χ2v) is 11.0. The number of alkyl halides is 1. The Balaban J connectivity index is 1.37. The maximum absolute atomic E-state index is 13.6. The van der Waals surface area contributed by atoms with E-state index >= 15 is 0 Å². The summed E-state index contributed by atoms with van der Waals surface area (Å²) in [4.78, 5) is 19.2. The van der Waals surface area contributed by atoms with E-state index in [2.05, 4.69) is 51.7 Å². The lowest BCUT2D eigenvalue weighted by molar-refractivity contribution is 0.113. The van der Waals surface area contributed by atoms with Gasteiger partial charge >= 0.3 is 6.03 Å². The van der Waals surface area contributed by atoms with Crippen molar-refractivity contribution in [2.24, 2.45) is 0 Å². The summed E-state index contributed by atoms with van der Waals surface area (Å²) >= 11 is 0. The van der Waals surface area contributed by atoms with Gasteiger partial charge in [-0.2, -0.15) is 4.68 Å². The van der Waals surface area contributed by atoms with E-state index in [0.29, 0.717) is 25.9 Å². The molecule has 34 heavy (non-hydrogen) atoms. The lowest BCUT2D eigenvalue weighted by atomic mass is 10.0. The molecule has 2 fully saturated rings. The summed E-state index contributed by atoms with van der Waals surface area (Å²) in [6.07, 6.45) is 2.97. The summed E-state index contributed by atoms with van der Waals surface area (Å²) < 4.78 is 39.8. The van der Waals surface area contributed by atoms with Gasteiger partial charge in [0, 0.05) is 63.3 Å². The number of rotatable bonds is 5. The number of hydrogen-bond acceptors (Lipinski definition) is 6. The van der Waals surface area contributed by atoms with Crippen molar-refractivity contribution in [2.45, 2.75) is 38.9 Å². The molecule has 2 aliphatic rings. The van der Waals surface area contributed by atoms with Gasteiger partial charge in [-0.3, -0.25) is 9.62 Å². The van der Waals surface area contributed by atoms with Gasteiger partial charge in [-0.1, -0.05) is 12.1 Å². The molecule has 4 rings (SSSR count). The van der Waals surface area contributed by atoms with Crippen LogP contribution in [0.3, 0.4) is 0 Å². The van der Waals surface area contributed by atoms with Crippen molar-refractivity contribution in [2.75, 3.05) is 55.1 Å². The van der Waals surface area contributed by atoms with E-state index in [0.717, 1.165) is 32.4 Å². The average Bonchev–Trinajstić information content (AvgIpc) is 3.26. The van der Waals surface area contributed by atoms with Crippen LogP contribution in [0.4, 0.5) is 20.7 Å². The number of hydrogen-bond donors (Lipinski definition) is 1. The highest BCUT2D eigenvalue weighted by Crippen LogP contribution is 2.30. The van der Waals surface area contributed by atoms with Gasteiger partial charge in [0.05, 0.1) is 6.26 Å². The summed E-state index contributed by atoms with van der Waals surface area (Å²) in [7, 11) is -3.45. The minimum Gasteiger partial charge on any atom is -0.371 e. The lowest BCUT2D eigenvalue weighted by Gasteiger charge is -2.38. The normalized spacial score (nSPS) is 19.3. The van der Waals surface area contributed by atoms with Crippen molar-refractivity contribution < 1.29 is 17.6 Å².